The summed E-state index contributed by atoms with van der Waals surface area (Å²) in [7, 11) is -2.33. The largest absolute Gasteiger partial charge is 0.506 e. The number of carbonyl (C=O) groups excluding carboxylic acids is 1. The number of sulfonamides is 1. The molecule has 0 saturated heterocycles. The van der Waals surface area contributed by atoms with E-state index in [4.69, 9.17) is 0 Å². The van der Waals surface area contributed by atoms with Crippen LogP contribution >= 0.6 is 0 Å². The highest BCUT2D eigenvalue weighted by molar-refractivity contribution is 7.92. The van der Waals surface area contributed by atoms with Crippen LogP contribution in [0.3, 0.4) is 0 Å². The van der Waals surface area contributed by atoms with Crippen molar-refractivity contribution in [2.75, 3.05) is 22.9 Å². The van der Waals surface area contributed by atoms with E-state index in [0.717, 1.165) is 16.1 Å². The summed E-state index contributed by atoms with van der Waals surface area (Å²) >= 11 is 0. The molecule has 3 rings (SSSR count). The lowest BCUT2D eigenvalue weighted by molar-refractivity contribution is 0.102. The van der Waals surface area contributed by atoms with Crippen LogP contribution in [-0.2, 0) is 10.0 Å². The Kier molecular flexibility index (Phi) is 5.37. The van der Waals surface area contributed by atoms with Crippen LogP contribution in [0.1, 0.15) is 10.4 Å². The number of carbonyl (C=O) groups is 1. The molecule has 0 heterocycles. The summed E-state index contributed by atoms with van der Waals surface area (Å²) in [4.78, 5) is 12.6. The highest BCUT2D eigenvalue weighted by Crippen LogP contribution is 2.40. The molecule has 0 unspecified atom stereocenters. The molecule has 2 N–H and O–H groups in total. The number of hydrogen-bond donors (Lipinski definition) is 2. The second-order valence-electron chi connectivity index (χ2n) is 6.31. The van der Waals surface area contributed by atoms with Gasteiger partial charge in [-0.05, 0) is 35.4 Å². The average molecular weight is 396 g/mol. The topological polar surface area (TPSA) is 86.7 Å². The van der Waals surface area contributed by atoms with E-state index in [1.165, 1.54) is 13.1 Å². The molecular weight excluding hydrogens is 376 g/mol. The zero-order valence-electron chi connectivity index (χ0n) is 15.5. The number of benzene rings is 3. The van der Waals surface area contributed by atoms with Gasteiger partial charge in [0, 0.05) is 12.6 Å². The molecule has 0 aliphatic rings. The number of phenolic OH excluding ortho intramolecular Hbond substituents is 1. The fourth-order valence-electron chi connectivity index (χ4n) is 2.79. The van der Waals surface area contributed by atoms with Crippen molar-refractivity contribution in [3.05, 3.63) is 78.4 Å². The molecule has 28 heavy (non-hydrogen) atoms. The van der Waals surface area contributed by atoms with E-state index in [0.29, 0.717) is 11.1 Å². The van der Waals surface area contributed by atoms with Crippen LogP contribution in [0.5, 0.6) is 5.75 Å². The average Bonchev–Trinajstić information content (AvgIpc) is 2.68. The van der Waals surface area contributed by atoms with Crippen molar-refractivity contribution in [1.82, 2.24) is 0 Å². The molecule has 7 heteroatoms. The third-order valence-electron chi connectivity index (χ3n) is 4.29. The summed E-state index contributed by atoms with van der Waals surface area (Å²) < 4.78 is 25.0. The number of nitrogens with zero attached hydrogens (tertiary/aromatic N) is 1. The van der Waals surface area contributed by atoms with Crippen molar-refractivity contribution >= 4 is 27.3 Å². The molecule has 6 nitrogen and oxygen atoms in total. The summed E-state index contributed by atoms with van der Waals surface area (Å²) in [6, 6.07) is 21.0. The molecule has 0 radical (unpaired) electrons. The molecular formula is C21H20N2O4S. The molecule has 0 aliphatic carbocycles. The first kappa shape index (κ1) is 19.4. The summed E-state index contributed by atoms with van der Waals surface area (Å²) in [5, 5.41) is 13.3. The zero-order valence-corrected chi connectivity index (χ0v) is 16.3. The van der Waals surface area contributed by atoms with Crippen LogP contribution in [0.2, 0.25) is 0 Å². The normalized spacial score (nSPS) is 11.1. The smallest absolute Gasteiger partial charge is 0.255 e. The molecule has 0 spiro atoms. The van der Waals surface area contributed by atoms with Crippen molar-refractivity contribution in [3.8, 4) is 16.9 Å². The number of aromatic hydroxyl groups is 1. The Morgan fingerprint density at radius 3 is 2.07 bits per heavy atom. The lowest BCUT2D eigenvalue weighted by atomic mass is 10.0. The Bertz CT molecular complexity index is 1100. The van der Waals surface area contributed by atoms with Crippen molar-refractivity contribution < 1.29 is 18.3 Å². The second-order valence-corrected chi connectivity index (χ2v) is 8.32. The maximum atomic E-state index is 12.6. The number of nitrogens with one attached hydrogen (secondary N) is 1. The van der Waals surface area contributed by atoms with Crippen LogP contribution in [0.15, 0.2) is 72.8 Å². The molecule has 0 atom stereocenters. The molecule has 3 aromatic rings. The Labute approximate surface area is 164 Å². The van der Waals surface area contributed by atoms with Crippen molar-refractivity contribution in [1.29, 1.82) is 0 Å². The van der Waals surface area contributed by atoms with Crippen LogP contribution in [0, 0.1) is 0 Å². The highest BCUT2D eigenvalue weighted by Gasteiger charge is 2.22. The molecule has 0 saturated carbocycles. The van der Waals surface area contributed by atoms with E-state index in [9.17, 15) is 18.3 Å². The quantitative estimate of drug-likeness (QED) is 0.688. The Morgan fingerprint density at radius 2 is 1.50 bits per heavy atom. The lowest BCUT2D eigenvalue weighted by Gasteiger charge is -2.23. The summed E-state index contributed by atoms with van der Waals surface area (Å²) in [6.07, 6.45) is 1.03. The van der Waals surface area contributed by atoms with E-state index in [2.05, 4.69) is 5.32 Å². The van der Waals surface area contributed by atoms with Gasteiger partial charge in [0.25, 0.3) is 5.91 Å². The van der Waals surface area contributed by atoms with Gasteiger partial charge >= 0.3 is 0 Å². The monoisotopic (exact) mass is 396 g/mol. The maximum Gasteiger partial charge on any atom is 0.255 e. The molecule has 3 aromatic carbocycles. The maximum absolute atomic E-state index is 12.6. The fraction of sp³-hybridized carbons (Fsp3) is 0.0952. The van der Waals surface area contributed by atoms with E-state index in [1.807, 2.05) is 30.3 Å². The highest BCUT2D eigenvalue weighted by atomic mass is 32.2. The first-order valence-electron chi connectivity index (χ1n) is 8.50. The van der Waals surface area contributed by atoms with Gasteiger partial charge in [-0.2, -0.15) is 0 Å². The van der Waals surface area contributed by atoms with Gasteiger partial charge in [-0.3, -0.25) is 9.10 Å². The Hall–Kier alpha value is -3.32. The van der Waals surface area contributed by atoms with E-state index < -0.39 is 15.9 Å². The summed E-state index contributed by atoms with van der Waals surface area (Å²) in [5.74, 6) is -0.661. The van der Waals surface area contributed by atoms with Crippen LogP contribution < -0.4 is 9.62 Å². The molecule has 0 fully saturated rings. The predicted molar refractivity (Wildman–Crippen MR) is 111 cm³/mol. The van der Waals surface area contributed by atoms with Crippen LogP contribution in [0.4, 0.5) is 11.4 Å². The van der Waals surface area contributed by atoms with E-state index >= 15 is 0 Å². The van der Waals surface area contributed by atoms with Crippen molar-refractivity contribution in [2.45, 2.75) is 0 Å². The number of amides is 1. The van der Waals surface area contributed by atoms with Gasteiger partial charge in [-0.25, -0.2) is 8.42 Å². The van der Waals surface area contributed by atoms with Gasteiger partial charge in [0.2, 0.25) is 10.0 Å². The van der Waals surface area contributed by atoms with Gasteiger partial charge in [-0.15, -0.1) is 0 Å². The van der Waals surface area contributed by atoms with Crippen LogP contribution in [0.25, 0.3) is 11.1 Å². The first-order chi connectivity index (χ1) is 13.3. The minimum Gasteiger partial charge on any atom is -0.506 e. The van der Waals surface area contributed by atoms with Crippen molar-refractivity contribution in [2.24, 2.45) is 0 Å². The standard InChI is InChI=1S/C21H20N2O4S/c1-23(28(2,26)27)20-18(22-21(25)16-11-7-4-8-12-16)13-17(14-19(20)24)15-9-5-3-6-10-15/h3-14,24H,1-2H3,(H,22,25). The van der Waals surface area contributed by atoms with Gasteiger partial charge in [0.15, 0.2) is 0 Å². The summed E-state index contributed by atoms with van der Waals surface area (Å²) in [6.45, 7) is 0. The van der Waals surface area contributed by atoms with E-state index in [-0.39, 0.29) is 17.1 Å². The SMILES string of the molecule is CN(c1c(O)cc(-c2ccccc2)cc1NC(=O)c1ccccc1)S(C)(=O)=O. The molecule has 144 valence electrons. The fourth-order valence-corrected chi connectivity index (χ4v) is 3.32. The number of hydrogen-bond acceptors (Lipinski definition) is 4. The summed E-state index contributed by atoms with van der Waals surface area (Å²) in [5.41, 5.74) is 2.08. The lowest BCUT2D eigenvalue weighted by Crippen LogP contribution is -2.26. The molecule has 0 aliphatic heterocycles. The zero-order chi connectivity index (χ0) is 20.3. The van der Waals surface area contributed by atoms with Crippen LogP contribution in [-0.4, -0.2) is 32.7 Å². The van der Waals surface area contributed by atoms with Crippen molar-refractivity contribution in [3.63, 3.8) is 0 Å². The second kappa shape index (κ2) is 7.74. The number of phenols is 1. The molecule has 0 bridgehead atoms. The Balaban J connectivity index is 2.13. The van der Waals surface area contributed by atoms with Gasteiger partial charge < -0.3 is 10.4 Å². The van der Waals surface area contributed by atoms with E-state index in [1.54, 1.807) is 36.4 Å². The minimum atomic E-state index is -3.66. The van der Waals surface area contributed by atoms with Gasteiger partial charge in [0.05, 0.1) is 11.9 Å². The number of anilines is 2. The molecule has 1 amide bonds. The first-order valence-corrected chi connectivity index (χ1v) is 10.3. The minimum absolute atomic E-state index is 0.00598. The third kappa shape index (κ3) is 4.15. The molecule has 0 aromatic heterocycles. The Morgan fingerprint density at radius 1 is 0.929 bits per heavy atom. The number of rotatable bonds is 5. The van der Waals surface area contributed by atoms with Gasteiger partial charge in [-0.1, -0.05) is 48.5 Å². The predicted octanol–water partition coefficient (Wildman–Crippen LogP) is 3.71. The van der Waals surface area contributed by atoms with Gasteiger partial charge in [0.1, 0.15) is 11.4 Å². The third-order valence-corrected chi connectivity index (χ3v) is 5.47.